The highest BCUT2D eigenvalue weighted by atomic mass is 19.3. The summed E-state index contributed by atoms with van der Waals surface area (Å²) in [5, 5.41) is 2.40. The molecule has 0 radical (unpaired) electrons. The Bertz CT molecular complexity index is 920. The van der Waals surface area contributed by atoms with Crippen molar-refractivity contribution < 1.29 is 27.1 Å². The molecule has 2 unspecified atom stereocenters. The number of amides is 1. The van der Waals surface area contributed by atoms with Crippen molar-refractivity contribution in [1.29, 1.82) is 0 Å². The van der Waals surface area contributed by atoms with Crippen molar-refractivity contribution in [3.63, 3.8) is 0 Å². The minimum Gasteiger partial charge on any atom is -0.480 e. The number of methoxy groups -OCH3 is 1. The van der Waals surface area contributed by atoms with Crippen LogP contribution in [0.3, 0.4) is 0 Å². The van der Waals surface area contributed by atoms with E-state index in [-0.39, 0.29) is 17.3 Å². The van der Waals surface area contributed by atoms with Gasteiger partial charge in [0.2, 0.25) is 5.88 Å². The maximum atomic E-state index is 14.2. The smallest absolute Gasteiger partial charge is 0.277 e. The second-order valence-electron chi connectivity index (χ2n) is 6.02. The largest absolute Gasteiger partial charge is 0.480 e. The summed E-state index contributed by atoms with van der Waals surface area (Å²) in [7, 11) is 1.38. The third-order valence-electron chi connectivity index (χ3n) is 4.07. The molecule has 2 heterocycles. The monoisotopic (exact) mass is 397 g/mol. The number of nitrogens with one attached hydrogen (secondary N) is 1. The van der Waals surface area contributed by atoms with Crippen LogP contribution in [-0.2, 0) is 0 Å². The standard InChI is InChI=1S/C17H15F4N5O2/c1-28-13-7-23-12(6-24-13)16(27)25-8-2-3-10(18)9(4-8)14-17(20,21)5-11(19)15(22)26-14/h2-4,6-7,11,14H,5H2,1H3,(H2,22,26)(H,25,27). The van der Waals surface area contributed by atoms with Crippen LogP contribution in [-0.4, -0.2) is 40.9 Å². The molecule has 0 aliphatic carbocycles. The lowest BCUT2D eigenvalue weighted by Crippen LogP contribution is -2.41. The van der Waals surface area contributed by atoms with Crippen LogP contribution in [0.4, 0.5) is 23.2 Å². The number of carbonyl (C=O) groups is 1. The lowest BCUT2D eigenvalue weighted by molar-refractivity contribution is -0.0511. The normalized spacial score (nSPS) is 21.0. The van der Waals surface area contributed by atoms with Crippen LogP contribution in [0.15, 0.2) is 35.6 Å². The summed E-state index contributed by atoms with van der Waals surface area (Å²) in [5.74, 6) is -5.76. The maximum absolute atomic E-state index is 14.2. The molecule has 3 rings (SSSR count). The first-order chi connectivity index (χ1) is 13.2. The molecule has 28 heavy (non-hydrogen) atoms. The van der Waals surface area contributed by atoms with E-state index in [0.29, 0.717) is 0 Å². The number of aliphatic imine (C=N–C) groups is 1. The number of amidine groups is 1. The summed E-state index contributed by atoms with van der Waals surface area (Å²) in [6, 6.07) is 1.07. The van der Waals surface area contributed by atoms with Crippen molar-refractivity contribution in [2.45, 2.75) is 24.6 Å². The summed E-state index contributed by atoms with van der Waals surface area (Å²) in [6.07, 6.45) is -0.936. The molecule has 1 aromatic heterocycles. The number of aromatic nitrogens is 2. The average molecular weight is 397 g/mol. The minimum absolute atomic E-state index is 0.0194. The average Bonchev–Trinajstić information content (AvgIpc) is 2.66. The summed E-state index contributed by atoms with van der Waals surface area (Å²) >= 11 is 0. The topological polar surface area (TPSA) is 102 Å². The summed E-state index contributed by atoms with van der Waals surface area (Å²) in [4.78, 5) is 23.3. The highest BCUT2D eigenvalue weighted by molar-refractivity contribution is 6.02. The molecule has 0 fully saturated rings. The Kier molecular flexibility index (Phi) is 5.16. The molecule has 7 nitrogen and oxygen atoms in total. The van der Waals surface area contributed by atoms with Gasteiger partial charge in [0.25, 0.3) is 11.8 Å². The van der Waals surface area contributed by atoms with Gasteiger partial charge in [-0.1, -0.05) is 0 Å². The molecule has 3 N–H and O–H groups in total. The number of hydrogen-bond donors (Lipinski definition) is 2. The van der Waals surface area contributed by atoms with Gasteiger partial charge in [-0.15, -0.1) is 0 Å². The van der Waals surface area contributed by atoms with Crippen LogP contribution in [0, 0.1) is 5.82 Å². The van der Waals surface area contributed by atoms with Gasteiger partial charge in [-0.3, -0.25) is 9.79 Å². The third-order valence-corrected chi connectivity index (χ3v) is 4.07. The molecular formula is C17H15F4N5O2. The van der Waals surface area contributed by atoms with Gasteiger partial charge in [-0.2, -0.15) is 0 Å². The van der Waals surface area contributed by atoms with E-state index in [9.17, 15) is 22.4 Å². The Hall–Kier alpha value is -3.24. The van der Waals surface area contributed by atoms with Crippen molar-refractivity contribution in [3.8, 4) is 5.88 Å². The zero-order valence-electron chi connectivity index (χ0n) is 14.5. The van der Waals surface area contributed by atoms with Gasteiger partial charge in [0.15, 0.2) is 6.17 Å². The van der Waals surface area contributed by atoms with Gasteiger partial charge in [-0.25, -0.2) is 27.5 Å². The lowest BCUT2D eigenvalue weighted by Gasteiger charge is -2.30. The molecular weight excluding hydrogens is 382 g/mol. The molecule has 1 amide bonds. The van der Waals surface area contributed by atoms with Gasteiger partial charge in [0.05, 0.1) is 25.9 Å². The SMILES string of the molecule is COc1cnc(C(=O)Nc2ccc(F)c(C3N=C(N)C(F)CC3(F)F)c2)cn1. The second kappa shape index (κ2) is 7.41. The molecule has 0 saturated carbocycles. The van der Waals surface area contributed by atoms with Gasteiger partial charge in [-0.05, 0) is 18.2 Å². The van der Waals surface area contributed by atoms with Crippen LogP contribution in [0.1, 0.15) is 28.5 Å². The first-order valence-corrected chi connectivity index (χ1v) is 8.03. The lowest BCUT2D eigenvalue weighted by atomic mass is 9.93. The predicted octanol–water partition coefficient (Wildman–Crippen LogP) is 2.65. The van der Waals surface area contributed by atoms with Gasteiger partial charge >= 0.3 is 0 Å². The van der Waals surface area contributed by atoms with Crippen molar-refractivity contribution in [2.24, 2.45) is 10.7 Å². The van der Waals surface area contributed by atoms with E-state index in [4.69, 9.17) is 10.5 Å². The Morgan fingerprint density at radius 2 is 2.07 bits per heavy atom. The maximum Gasteiger partial charge on any atom is 0.277 e. The first kappa shape index (κ1) is 19.5. The zero-order chi connectivity index (χ0) is 20.5. The van der Waals surface area contributed by atoms with Crippen molar-refractivity contribution in [3.05, 3.63) is 47.7 Å². The molecule has 2 aromatic rings. The molecule has 11 heteroatoms. The molecule has 148 valence electrons. The van der Waals surface area contributed by atoms with Crippen LogP contribution in [0.5, 0.6) is 5.88 Å². The Morgan fingerprint density at radius 1 is 1.32 bits per heavy atom. The summed E-state index contributed by atoms with van der Waals surface area (Å²) < 4.78 is 60.9. The minimum atomic E-state index is -3.65. The molecule has 0 saturated heterocycles. The van der Waals surface area contributed by atoms with Gasteiger partial charge < -0.3 is 15.8 Å². The van der Waals surface area contributed by atoms with Crippen molar-refractivity contribution in [2.75, 3.05) is 12.4 Å². The predicted molar refractivity (Wildman–Crippen MR) is 91.8 cm³/mol. The highest BCUT2D eigenvalue weighted by Crippen LogP contribution is 2.43. The molecule has 0 bridgehead atoms. The Labute approximate surface area is 156 Å². The molecule has 1 aliphatic rings. The number of nitrogens with two attached hydrogens (primary N) is 1. The number of halogens is 4. The summed E-state index contributed by atoms with van der Waals surface area (Å²) in [5.41, 5.74) is 4.75. The van der Waals surface area contributed by atoms with E-state index >= 15 is 0 Å². The first-order valence-electron chi connectivity index (χ1n) is 8.03. The summed E-state index contributed by atoms with van der Waals surface area (Å²) in [6.45, 7) is 0. The zero-order valence-corrected chi connectivity index (χ0v) is 14.5. The highest BCUT2D eigenvalue weighted by Gasteiger charge is 2.48. The van der Waals surface area contributed by atoms with Crippen LogP contribution < -0.4 is 15.8 Å². The molecule has 1 aromatic carbocycles. The number of benzene rings is 1. The van der Waals surface area contributed by atoms with E-state index < -0.39 is 47.7 Å². The Morgan fingerprint density at radius 3 is 2.71 bits per heavy atom. The fourth-order valence-corrected chi connectivity index (χ4v) is 2.64. The number of carbonyl (C=O) groups excluding carboxylic acids is 1. The van der Waals surface area contributed by atoms with Gasteiger partial charge in [0, 0.05) is 11.3 Å². The quantitative estimate of drug-likeness (QED) is 0.773. The van der Waals surface area contributed by atoms with Gasteiger partial charge in [0.1, 0.15) is 23.4 Å². The number of hydrogen-bond acceptors (Lipinski definition) is 6. The fourth-order valence-electron chi connectivity index (χ4n) is 2.64. The number of nitrogens with zero attached hydrogens (tertiary/aromatic N) is 3. The van der Waals surface area contributed by atoms with Crippen LogP contribution >= 0.6 is 0 Å². The van der Waals surface area contributed by atoms with Crippen LogP contribution in [0.25, 0.3) is 0 Å². The van der Waals surface area contributed by atoms with E-state index in [0.717, 1.165) is 18.3 Å². The van der Waals surface area contributed by atoms with E-state index in [1.807, 2.05) is 0 Å². The van der Waals surface area contributed by atoms with Crippen molar-refractivity contribution in [1.82, 2.24) is 9.97 Å². The third kappa shape index (κ3) is 3.87. The van der Waals surface area contributed by atoms with E-state index in [2.05, 4.69) is 20.3 Å². The van der Waals surface area contributed by atoms with Crippen LogP contribution in [0.2, 0.25) is 0 Å². The molecule has 2 atom stereocenters. The Balaban J connectivity index is 1.88. The number of rotatable bonds is 4. The number of ether oxygens (including phenoxy) is 1. The fraction of sp³-hybridized carbons (Fsp3) is 0.294. The number of anilines is 1. The second-order valence-corrected chi connectivity index (χ2v) is 6.02. The number of alkyl halides is 3. The van der Waals surface area contributed by atoms with E-state index in [1.54, 1.807) is 0 Å². The molecule has 0 spiro atoms. The molecule has 1 aliphatic heterocycles. The van der Waals surface area contributed by atoms with E-state index in [1.165, 1.54) is 19.4 Å². The van der Waals surface area contributed by atoms with Crippen molar-refractivity contribution >= 4 is 17.4 Å².